The lowest BCUT2D eigenvalue weighted by Crippen LogP contribution is -2.08. The zero-order chi connectivity index (χ0) is 15.6. The number of anilines is 1. The van der Waals surface area contributed by atoms with Gasteiger partial charge in [-0.05, 0) is 38.5 Å². The molecule has 6 heteroatoms. The highest BCUT2D eigenvalue weighted by Crippen LogP contribution is 2.26. The molecule has 1 N–H and O–H groups in total. The number of nitrogens with one attached hydrogen (secondary N) is 1. The van der Waals surface area contributed by atoms with Crippen LogP contribution in [0.2, 0.25) is 0 Å². The molecule has 21 heavy (non-hydrogen) atoms. The van der Waals surface area contributed by atoms with Crippen molar-refractivity contribution in [3.63, 3.8) is 0 Å². The van der Waals surface area contributed by atoms with E-state index in [2.05, 4.69) is 15.2 Å². The van der Waals surface area contributed by atoms with Crippen LogP contribution in [-0.4, -0.2) is 16.4 Å². The van der Waals surface area contributed by atoms with Gasteiger partial charge < -0.3 is 10.1 Å². The molecule has 1 aromatic heterocycles. The van der Waals surface area contributed by atoms with Crippen LogP contribution in [0.25, 0.3) is 0 Å². The van der Waals surface area contributed by atoms with Crippen molar-refractivity contribution in [1.29, 1.82) is 0 Å². The van der Waals surface area contributed by atoms with Crippen molar-refractivity contribution in [2.75, 3.05) is 5.32 Å². The van der Waals surface area contributed by atoms with E-state index in [0.29, 0.717) is 0 Å². The van der Waals surface area contributed by atoms with Crippen molar-refractivity contribution < 1.29 is 13.5 Å². The van der Waals surface area contributed by atoms with Crippen LogP contribution in [0.1, 0.15) is 29.9 Å². The Morgan fingerprint density at radius 3 is 2.29 bits per heavy atom. The standard InChI is InChI=1S/C15H19F2N3O/c1-9(18-14-10(2)19-20(4)11(14)3)12-5-7-13(8-6-12)21-15(16)17/h5-9,15,18H,1-4H3. The largest absolute Gasteiger partial charge is 0.435 e. The fourth-order valence-electron chi connectivity index (χ4n) is 2.22. The Hall–Kier alpha value is -2.11. The number of aryl methyl sites for hydroxylation is 2. The highest BCUT2D eigenvalue weighted by molar-refractivity contribution is 5.53. The van der Waals surface area contributed by atoms with E-state index in [0.717, 1.165) is 22.6 Å². The van der Waals surface area contributed by atoms with Crippen molar-refractivity contribution in [3.8, 4) is 5.75 Å². The van der Waals surface area contributed by atoms with Crippen molar-refractivity contribution in [2.45, 2.75) is 33.4 Å². The molecule has 0 aliphatic rings. The lowest BCUT2D eigenvalue weighted by molar-refractivity contribution is -0.0498. The van der Waals surface area contributed by atoms with Gasteiger partial charge in [0.25, 0.3) is 0 Å². The summed E-state index contributed by atoms with van der Waals surface area (Å²) in [4.78, 5) is 0. The average molecular weight is 295 g/mol. The third-order valence-electron chi connectivity index (χ3n) is 3.48. The Bertz CT molecular complexity index is 608. The summed E-state index contributed by atoms with van der Waals surface area (Å²) in [5, 5.41) is 7.76. The van der Waals surface area contributed by atoms with E-state index in [-0.39, 0.29) is 11.8 Å². The first kappa shape index (κ1) is 15.3. The van der Waals surface area contributed by atoms with Gasteiger partial charge in [-0.2, -0.15) is 13.9 Å². The lowest BCUT2D eigenvalue weighted by Gasteiger charge is -2.16. The van der Waals surface area contributed by atoms with E-state index in [4.69, 9.17) is 0 Å². The van der Waals surface area contributed by atoms with Gasteiger partial charge in [-0.3, -0.25) is 4.68 Å². The van der Waals surface area contributed by atoms with Gasteiger partial charge in [0.15, 0.2) is 0 Å². The van der Waals surface area contributed by atoms with Crippen molar-refractivity contribution in [1.82, 2.24) is 9.78 Å². The number of nitrogens with zero attached hydrogens (tertiary/aromatic N) is 2. The first-order valence-corrected chi connectivity index (χ1v) is 6.70. The number of hydrogen-bond acceptors (Lipinski definition) is 3. The Morgan fingerprint density at radius 2 is 1.81 bits per heavy atom. The number of alkyl halides is 2. The molecule has 4 nitrogen and oxygen atoms in total. The molecule has 0 saturated carbocycles. The maximum absolute atomic E-state index is 12.1. The second-order valence-corrected chi connectivity index (χ2v) is 4.98. The Labute approximate surface area is 122 Å². The molecule has 0 aliphatic carbocycles. The molecular weight excluding hydrogens is 276 g/mol. The minimum atomic E-state index is -2.80. The maximum atomic E-state index is 12.1. The highest BCUT2D eigenvalue weighted by atomic mass is 19.3. The second kappa shape index (κ2) is 6.11. The van der Waals surface area contributed by atoms with E-state index in [1.807, 2.05) is 32.5 Å². The van der Waals surface area contributed by atoms with E-state index < -0.39 is 6.61 Å². The summed E-state index contributed by atoms with van der Waals surface area (Å²) in [5.41, 5.74) is 3.97. The first-order chi connectivity index (χ1) is 9.88. The number of rotatable bonds is 5. The predicted octanol–water partition coefficient (Wildman–Crippen LogP) is 3.81. The summed E-state index contributed by atoms with van der Waals surface area (Å²) in [7, 11) is 1.90. The first-order valence-electron chi connectivity index (χ1n) is 6.70. The van der Waals surface area contributed by atoms with Crippen LogP contribution in [-0.2, 0) is 7.05 Å². The molecule has 1 heterocycles. The topological polar surface area (TPSA) is 39.1 Å². The Balaban J connectivity index is 2.11. The minimum Gasteiger partial charge on any atom is -0.435 e. The smallest absolute Gasteiger partial charge is 0.387 e. The molecule has 1 unspecified atom stereocenters. The second-order valence-electron chi connectivity index (χ2n) is 4.98. The number of hydrogen-bond donors (Lipinski definition) is 1. The molecule has 0 saturated heterocycles. The van der Waals surface area contributed by atoms with Gasteiger partial charge in [0.2, 0.25) is 0 Å². The number of halogens is 2. The molecule has 0 fully saturated rings. The van der Waals surface area contributed by atoms with Crippen LogP contribution in [0.5, 0.6) is 5.75 Å². The molecule has 0 bridgehead atoms. The van der Waals surface area contributed by atoms with Gasteiger partial charge in [-0.25, -0.2) is 0 Å². The van der Waals surface area contributed by atoms with E-state index in [9.17, 15) is 8.78 Å². The average Bonchev–Trinajstić information content (AvgIpc) is 2.65. The minimum absolute atomic E-state index is 0.0344. The van der Waals surface area contributed by atoms with Gasteiger partial charge in [-0.15, -0.1) is 0 Å². The van der Waals surface area contributed by atoms with Gasteiger partial charge in [-0.1, -0.05) is 12.1 Å². The van der Waals surface area contributed by atoms with Crippen molar-refractivity contribution in [2.24, 2.45) is 7.05 Å². The third-order valence-corrected chi connectivity index (χ3v) is 3.48. The van der Waals surface area contributed by atoms with Gasteiger partial charge >= 0.3 is 6.61 Å². The summed E-state index contributed by atoms with van der Waals surface area (Å²) in [5.74, 6) is 0.162. The molecule has 1 atom stereocenters. The van der Waals surface area contributed by atoms with Crippen LogP contribution in [0.15, 0.2) is 24.3 Å². The van der Waals surface area contributed by atoms with Crippen LogP contribution >= 0.6 is 0 Å². The Morgan fingerprint density at radius 1 is 1.19 bits per heavy atom. The molecule has 0 radical (unpaired) electrons. The SMILES string of the molecule is Cc1nn(C)c(C)c1NC(C)c1ccc(OC(F)F)cc1. The van der Waals surface area contributed by atoms with Crippen molar-refractivity contribution in [3.05, 3.63) is 41.2 Å². The fourth-order valence-corrected chi connectivity index (χ4v) is 2.22. The van der Waals surface area contributed by atoms with E-state index >= 15 is 0 Å². The van der Waals surface area contributed by atoms with E-state index in [1.165, 1.54) is 0 Å². The molecule has 2 rings (SSSR count). The lowest BCUT2D eigenvalue weighted by atomic mass is 10.1. The van der Waals surface area contributed by atoms with Crippen LogP contribution < -0.4 is 10.1 Å². The summed E-state index contributed by atoms with van der Waals surface area (Å²) >= 11 is 0. The predicted molar refractivity (Wildman–Crippen MR) is 77.8 cm³/mol. The normalized spacial score (nSPS) is 12.5. The summed E-state index contributed by atoms with van der Waals surface area (Å²) in [6.45, 7) is 3.15. The molecular formula is C15H19F2N3O. The van der Waals surface area contributed by atoms with Crippen molar-refractivity contribution >= 4 is 5.69 Å². The number of aromatic nitrogens is 2. The number of benzene rings is 1. The molecule has 1 aromatic carbocycles. The quantitative estimate of drug-likeness (QED) is 0.911. The summed E-state index contributed by atoms with van der Waals surface area (Å²) < 4.78 is 30.4. The fraction of sp³-hybridized carbons (Fsp3) is 0.400. The highest BCUT2D eigenvalue weighted by Gasteiger charge is 2.13. The molecule has 0 aliphatic heterocycles. The third kappa shape index (κ3) is 3.51. The van der Waals surface area contributed by atoms with Gasteiger partial charge in [0.05, 0.1) is 17.1 Å². The monoisotopic (exact) mass is 295 g/mol. The van der Waals surface area contributed by atoms with Crippen LogP contribution in [0.3, 0.4) is 0 Å². The van der Waals surface area contributed by atoms with Gasteiger partial charge in [0.1, 0.15) is 5.75 Å². The number of ether oxygens (including phenoxy) is 1. The summed E-state index contributed by atoms with van der Waals surface area (Å²) in [6.07, 6.45) is 0. The molecule has 0 spiro atoms. The zero-order valence-electron chi connectivity index (χ0n) is 12.5. The van der Waals surface area contributed by atoms with E-state index in [1.54, 1.807) is 24.3 Å². The zero-order valence-corrected chi connectivity index (χ0v) is 12.5. The molecule has 114 valence electrons. The van der Waals surface area contributed by atoms with Gasteiger partial charge in [0, 0.05) is 13.1 Å². The maximum Gasteiger partial charge on any atom is 0.387 e. The summed E-state index contributed by atoms with van der Waals surface area (Å²) in [6, 6.07) is 6.67. The van der Waals surface area contributed by atoms with Crippen LogP contribution in [0, 0.1) is 13.8 Å². The molecule has 2 aromatic rings. The Kier molecular flexibility index (Phi) is 4.45. The molecule has 0 amide bonds. The van der Waals surface area contributed by atoms with Crippen LogP contribution in [0.4, 0.5) is 14.5 Å².